The molecule has 0 aliphatic carbocycles. The highest BCUT2D eigenvalue weighted by molar-refractivity contribution is 6.18. The van der Waals surface area contributed by atoms with E-state index in [0.717, 1.165) is 22.0 Å². The van der Waals surface area contributed by atoms with Crippen LogP contribution in [-0.2, 0) is 9.59 Å². The number of aliphatic hydroxyl groups is 1. The number of Topliss-reactive ketones (excluding diaryl/α,β-unsaturated/α-hetero) is 1. The number of benzene rings is 2. The number of nitrogens with one attached hydrogen (secondary N) is 1. The summed E-state index contributed by atoms with van der Waals surface area (Å²) in [6.45, 7) is 7.30. The fourth-order valence-electron chi connectivity index (χ4n) is 3.94. The predicted molar refractivity (Wildman–Crippen MR) is 114 cm³/mol. The van der Waals surface area contributed by atoms with Gasteiger partial charge in [-0.15, -0.1) is 0 Å². The number of nitrogens with zero attached hydrogens (tertiary/aromatic N) is 1. The number of fused-ring (bicyclic) bond motifs is 1. The van der Waals surface area contributed by atoms with Gasteiger partial charge in [0.15, 0.2) is 11.5 Å². The zero-order chi connectivity index (χ0) is 20.9. The molecular weight excluding hydrogens is 364 g/mol. The van der Waals surface area contributed by atoms with Gasteiger partial charge in [-0.25, -0.2) is 0 Å². The average molecular weight is 388 g/mol. The predicted octanol–water partition coefficient (Wildman–Crippen LogP) is 4.99. The minimum absolute atomic E-state index is 0.149. The molecule has 0 fully saturated rings. The molecule has 5 heteroatoms. The second-order valence-corrected chi connectivity index (χ2v) is 8.50. The van der Waals surface area contributed by atoms with Gasteiger partial charge in [-0.2, -0.15) is 0 Å². The van der Waals surface area contributed by atoms with Crippen LogP contribution < -0.4 is 4.90 Å². The van der Waals surface area contributed by atoms with Crippen molar-refractivity contribution in [3.63, 3.8) is 0 Å². The zero-order valence-corrected chi connectivity index (χ0v) is 17.0. The van der Waals surface area contributed by atoms with Crippen LogP contribution in [0.1, 0.15) is 37.9 Å². The summed E-state index contributed by atoms with van der Waals surface area (Å²) < 4.78 is 0. The zero-order valence-electron chi connectivity index (χ0n) is 17.0. The molecule has 2 aromatic carbocycles. The van der Waals surface area contributed by atoms with E-state index in [4.69, 9.17) is 0 Å². The van der Waals surface area contributed by atoms with Gasteiger partial charge < -0.3 is 10.1 Å². The molecule has 4 rings (SSSR count). The highest BCUT2D eigenvalue weighted by Crippen LogP contribution is 2.45. The van der Waals surface area contributed by atoms with E-state index in [1.54, 1.807) is 25.7 Å². The lowest BCUT2D eigenvalue weighted by atomic mass is 9.82. The summed E-state index contributed by atoms with van der Waals surface area (Å²) in [5, 5.41) is 11.7. The Morgan fingerprint density at radius 3 is 2.41 bits per heavy atom. The Bertz CT molecular complexity index is 1160. The summed E-state index contributed by atoms with van der Waals surface area (Å²) >= 11 is 0. The summed E-state index contributed by atoms with van der Waals surface area (Å²) in [4.78, 5) is 31.3. The van der Waals surface area contributed by atoms with Crippen LogP contribution >= 0.6 is 0 Å². The van der Waals surface area contributed by atoms with Crippen LogP contribution in [-0.4, -0.2) is 21.8 Å². The first kappa shape index (κ1) is 19.0. The highest BCUT2D eigenvalue weighted by Gasteiger charge is 2.47. The largest absolute Gasteiger partial charge is 0.503 e. The monoisotopic (exact) mass is 388 g/mol. The fraction of sp³-hybridized carbons (Fsp3) is 0.250. The quantitative estimate of drug-likeness (QED) is 0.664. The second kappa shape index (κ2) is 6.62. The molecule has 0 radical (unpaired) electrons. The van der Waals surface area contributed by atoms with Gasteiger partial charge in [-0.1, -0.05) is 57.2 Å². The molecule has 1 atom stereocenters. The molecule has 148 valence electrons. The topological polar surface area (TPSA) is 73.4 Å². The van der Waals surface area contributed by atoms with Crippen LogP contribution in [0.5, 0.6) is 0 Å². The number of para-hydroxylation sites is 2. The molecule has 1 aliphatic rings. The van der Waals surface area contributed by atoms with E-state index in [1.165, 1.54) is 0 Å². The lowest BCUT2D eigenvalue weighted by Gasteiger charge is -2.29. The number of aromatic nitrogens is 1. The van der Waals surface area contributed by atoms with E-state index >= 15 is 0 Å². The van der Waals surface area contributed by atoms with E-state index in [-0.39, 0.29) is 11.4 Å². The van der Waals surface area contributed by atoms with Crippen LogP contribution in [0.2, 0.25) is 0 Å². The molecule has 1 amide bonds. The number of aryl methyl sites for hydroxylation is 1. The van der Waals surface area contributed by atoms with Crippen LogP contribution in [0.15, 0.2) is 66.1 Å². The standard InChI is InChI=1S/C24H24N2O3/c1-14-9-5-8-12-18(14)26-20(16-13-25-17-11-7-6-10-15(16)17)19(21(27)23(26)29)22(28)24(2,3)4/h5-13,20,25,27H,1-4H3. The van der Waals surface area contributed by atoms with Crippen molar-refractivity contribution >= 4 is 28.3 Å². The Morgan fingerprint density at radius 2 is 1.72 bits per heavy atom. The second-order valence-electron chi connectivity index (χ2n) is 8.50. The number of carbonyl (C=O) groups is 2. The molecule has 0 saturated carbocycles. The lowest BCUT2D eigenvalue weighted by Crippen LogP contribution is -2.33. The van der Waals surface area contributed by atoms with E-state index in [1.807, 2.05) is 61.7 Å². The number of amides is 1. The molecule has 1 aromatic heterocycles. The SMILES string of the molecule is Cc1ccccc1N1C(=O)C(O)=C(C(=O)C(C)(C)C)C1c1c[nH]c2ccccc12. The normalized spacial score (nSPS) is 17.4. The number of H-pyrrole nitrogens is 1. The minimum Gasteiger partial charge on any atom is -0.503 e. The fourth-order valence-corrected chi connectivity index (χ4v) is 3.94. The van der Waals surface area contributed by atoms with Crippen molar-refractivity contribution in [3.8, 4) is 0 Å². The Hall–Kier alpha value is -3.34. The summed E-state index contributed by atoms with van der Waals surface area (Å²) in [5.41, 5.74) is 2.67. The first-order valence-corrected chi connectivity index (χ1v) is 9.65. The van der Waals surface area contributed by atoms with Crippen molar-refractivity contribution in [2.24, 2.45) is 5.41 Å². The van der Waals surface area contributed by atoms with Gasteiger partial charge in [0.25, 0.3) is 5.91 Å². The van der Waals surface area contributed by atoms with Gasteiger partial charge in [-0.05, 0) is 24.6 Å². The molecule has 1 unspecified atom stereocenters. The lowest BCUT2D eigenvalue weighted by molar-refractivity contribution is -0.123. The van der Waals surface area contributed by atoms with Crippen molar-refractivity contribution in [2.45, 2.75) is 33.7 Å². The molecule has 1 aliphatic heterocycles. The minimum atomic E-state index is -0.740. The number of carbonyl (C=O) groups excluding carboxylic acids is 2. The van der Waals surface area contributed by atoms with E-state index in [0.29, 0.717) is 5.69 Å². The Labute approximate surface area is 169 Å². The molecule has 29 heavy (non-hydrogen) atoms. The third kappa shape index (κ3) is 2.94. The number of rotatable bonds is 3. The number of aromatic amines is 1. The van der Waals surface area contributed by atoms with E-state index in [9.17, 15) is 14.7 Å². The van der Waals surface area contributed by atoms with Crippen molar-refractivity contribution in [3.05, 3.63) is 77.2 Å². The van der Waals surface area contributed by atoms with Crippen LogP contribution in [0.4, 0.5) is 5.69 Å². The maximum atomic E-state index is 13.3. The van der Waals surface area contributed by atoms with Crippen LogP contribution in [0.3, 0.4) is 0 Å². The molecule has 2 N–H and O–H groups in total. The number of aliphatic hydroxyl groups excluding tert-OH is 1. The third-order valence-electron chi connectivity index (χ3n) is 5.42. The van der Waals surface area contributed by atoms with Crippen LogP contribution in [0.25, 0.3) is 10.9 Å². The Morgan fingerprint density at radius 1 is 1.07 bits per heavy atom. The average Bonchev–Trinajstić information content (AvgIpc) is 3.20. The van der Waals surface area contributed by atoms with Gasteiger partial charge in [0.1, 0.15) is 0 Å². The molecular formula is C24H24N2O3. The Balaban J connectivity index is 1.99. The van der Waals surface area contributed by atoms with Gasteiger partial charge in [0, 0.05) is 33.8 Å². The smallest absolute Gasteiger partial charge is 0.294 e. The van der Waals surface area contributed by atoms with Gasteiger partial charge in [0.05, 0.1) is 11.6 Å². The van der Waals surface area contributed by atoms with Gasteiger partial charge >= 0.3 is 0 Å². The summed E-state index contributed by atoms with van der Waals surface area (Å²) in [5.74, 6) is -1.26. The summed E-state index contributed by atoms with van der Waals surface area (Å²) in [6, 6.07) is 14.5. The van der Waals surface area contributed by atoms with Gasteiger partial charge in [0.2, 0.25) is 0 Å². The number of ketones is 1. The van der Waals surface area contributed by atoms with E-state index < -0.39 is 23.1 Å². The third-order valence-corrected chi connectivity index (χ3v) is 5.42. The summed E-state index contributed by atoms with van der Waals surface area (Å²) in [7, 11) is 0. The maximum Gasteiger partial charge on any atom is 0.294 e. The Kier molecular flexibility index (Phi) is 4.34. The number of anilines is 1. The molecule has 0 bridgehead atoms. The van der Waals surface area contributed by atoms with Gasteiger partial charge in [-0.3, -0.25) is 14.5 Å². The molecule has 5 nitrogen and oxygen atoms in total. The maximum absolute atomic E-state index is 13.3. The van der Waals surface area contributed by atoms with E-state index in [2.05, 4.69) is 4.98 Å². The van der Waals surface area contributed by atoms with Crippen molar-refractivity contribution < 1.29 is 14.7 Å². The molecule has 2 heterocycles. The number of hydrogen-bond acceptors (Lipinski definition) is 3. The molecule has 3 aromatic rings. The first-order valence-electron chi connectivity index (χ1n) is 9.65. The molecule has 0 spiro atoms. The molecule has 0 saturated heterocycles. The van der Waals surface area contributed by atoms with Crippen molar-refractivity contribution in [1.29, 1.82) is 0 Å². The summed E-state index contributed by atoms with van der Waals surface area (Å²) in [6.07, 6.45) is 1.82. The van der Waals surface area contributed by atoms with Crippen molar-refractivity contribution in [1.82, 2.24) is 4.98 Å². The van der Waals surface area contributed by atoms with Crippen LogP contribution in [0, 0.1) is 12.3 Å². The first-order chi connectivity index (χ1) is 13.7. The number of hydrogen-bond donors (Lipinski definition) is 2. The highest BCUT2D eigenvalue weighted by atomic mass is 16.3. The van der Waals surface area contributed by atoms with Crippen molar-refractivity contribution in [2.75, 3.05) is 4.90 Å².